The van der Waals surface area contributed by atoms with Crippen LogP contribution >= 0.6 is 0 Å². The van der Waals surface area contributed by atoms with Crippen molar-refractivity contribution in [3.63, 3.8) is 0 Å². The summed E-state index contributed by atoms with van der Waals surface area (Å²) in [5, 5.41) is 71.8. The van der Waals surface area contributed by atoms with Crippen LogP contribution in [0.5, 0.6) is 0 Å². The van der Waals surface area contributed by atoms with Crippen molar-refractivity contribution >= 4 is 5.91 Å². The smallest absolute Gasteiger partial charge is 0.217 e. The van der Waals surface area contributed by atoms with Gasteiger partial charge in [-0.1, -0.05) is 0 Å². The minimum absolute atomic E-state index is 0.0336. The van der Waals surface area contributed by atoms with Gasteiger partial charge >= 0.3 is 0 Å². The van der Waals surface area contributed by atoms with Crippen molar-refractivity contribution in [1.82, 2.24) is 5.32 Å². The molecule has 2 fully saturated rings. The van der Waals surface area contributed by atoms with Crippen LogP contribution in [0.25, 0.3) is 0 Å². The van der Waals surface area contributed by atoms with Crippen LogP contribution in [-0.4, -0.2) is 143 Å². The van der Waals surface area contributed by atoms with Gasteiger partial charge in [0, 0.05) is 13.5 Å². The number of hydrogen-bond donors (Lipinski definition) is 9. The molecule has 0 spiro atoms. The highest BCUT2D eigenvalue weighted by Crippen LogP contribution is 2.25. The second-order valence-corrected chi connectivity index (χ2v) is 8.55. The van der Waals surface area contributed by atoms with Crippen LogP contribution in [0.15, 0.2) is 0 Å². The van der Waals surface area contributed by atoms with Gasteiger partial charge in [0.25, 0.3) is 0 Å². The quantitative estimate of drug-likeness (QED) is 0.133. The number of aliphatic hydroxyl groups excluding tert-OH is 7. The van der Waals surface area contributed by atoms with Gasteiger partial charge in [0.05, 0.1) is 51.1 Å². The molecule has 2 aliphatic rings. The third-order valence-corrected chi connectivity index (χ3v) is 5.88. The lowest BCUT2D eigenvalue weighted by molar-refractivity contribution is -0.307. The highest BCUT2D eigenvalue weighted by Gasteiger charge is 2.45. The molecule has 1 amide bonds. The van der Waals surface area contributed by atoms with Crippen LogP contribution in [0, 0.1) is 5.41 Å². The van der Waals surface area contributed by atoms with Crippen molar-refractivity contribution in [3.05, 3.63) is 0 Å². The lowest BCUT2D eigenvalue weighted by Crippen LogP contribution is -2.60. The van der Waals surface area contributed by atoms with Crippen LogP contribution in [-0.2, 0) is 23.7 Å². The number of hydrogen-bond acceptors (Lipinski definition) is 13. The monoisotopic (exact) mass is 484 g/mol. The summed E-state index contributed by atoms with van der Waals surface area (Å²) in [7, 11) is 0. The molecule has 10 atom stereocenters. The molecule has 0 radical (unpaired) electrons. The van der Waals surface area contributed by atoms with E-state index in [1.165, 1.54) is 6.92 Å². The Morgan fingerprint density at radius 3 is 2.27 bits per heavy atom. The van der Waals surface area contributed by atoms with E-state index in [0.29, 0.717) is 0 Å². The molecule has 2 aliphatic heterocycles. The molecule has 0 aromatic rings. The van der Waals surface area contributed by atoms with Gasteiger partial charge in [-0.05, 0) is 0 Å². The van der Waals surface area contributed by atoms with Gasteiger partial charge in [0.1, 0.15) is 42.7 Å². The summed E-state index contributed by atoms with van der Waals surface area (Å²) >= 11 is 0. The van der Waals surface area contributed by atoms with Gasteiger partial charge in [0.15, 0.2) is 6.29 Å². The number of nitrogens with two attached hydrogens (primary N) is 1. The van der Waals surface area contributed by atoms with Crippen LogP contribution in [0.3, 0.4) is 0 Å². The molecule has 0 aromatic heterocycles. The number of aliphatic hydroxyl groups is 7. The summed E-state index contributed by atoms with van der Waals surface area (Å²) in [6, 6.07) is -0.763. The van der Waals surface area contributed by atoms with Gasteiger partial charge in [-0.25, -0.2) is 0 Å². The van der Waals surface area contributed by atoms with Gasteiger partial charge < -0.3 is 65.7 Å². The Kier molecular flexibility index (Phi) is 10.8. The first kappa shape index (κ1) is 28.2. The summed E-state index contributed by atoms with van der Waals surface area (Å²) in [4.78, 5) is 11.2. The Labute approximate surface area is 190 Å². The van der Waals surface area contributed by atoms with E-state index in [0.717, 1.165) is 0 Å². The molecule has 194 valence electrons. The molecule has 14 heteroatoms. The van der Waals surface area contributed by atoms with Crippen molar-refractivity contribution in [3.8, 4) is 0 Å². The molecule has 0 aromatic carbocycles. The second kappa shape index (κ2) is 12.6. The van der Waals surface area contributed by atoms with Crippen molar-refractivity contribution in [1.29, 1.82) is 0 Å². The first-order chi connectivity index (χ1) is 15.6. The predicted molar refractivity (Wildman–Crippen MR) is 108 cm³/mol. The van der Waals surface area contributed by atoms with Crippen molar-refractivity contribution in [2.75, 3.05) is 46.2 Å². The largest absolute Gasteiger partial charge is 0.396 e. The maximum atomic E-state index is 11.2. The Balaban J connectivity index is 1.89. The Bertz CT molecular complexity index is 607. The zero-order valence-corrected chi connectivity index (χ0v) is 18.4. The van der Waals surface area contributed by atoms with Crippen molar-refractivity contribution < 1.29 is 59.5 Å². The Morgan fingerprint density at radius 1 is 1.03 bits per heavy atom. The SMILES string of the molecule is CC(=O)NC1COC(COCC(CN)(CO)COC2OC(CO)C(O)C(O)C2O)C(O)C1O. The molecule has 2 rings (SSSR count). The molecular formula is C19H36N2O12. The number of carbonyl (C=O) groups is 1. The standard InChI is InChI=1S/C19H36N2O12/c1-9(24)21-10-3-31-12(15(27)13(10)25)4-30-7-19(5-20,6-23)8-32-18-17(29)16(28)14(26)11(2-22)33-18/h10-18,22-23,25-29H,2-8,20H2,1H3,(H,21,24). The average molecular weight is 484 g/mol. The van der Waals surface area contributed by atoms with Crippen LogP contribution < -0.4 is 11.1 Å². The van der Waals surface area contributed by atoms with Gasteiger partial charge in [0.2, 0.25) is 5.91 Å². The lowest BCUT2D eigenvalue weighted by Gasteiger charge is -2.41. The van der Waals surface area contributed by atoms with Crippen LogP contribution in [0.1, 0.15) is 6.92 Å². The third kappa shape index (κ3) is 7.00. The fourth-order valence-corrected chi connectivity index (χ4v) is 3.59. The Hall–Kier alpha value is -1.01. The molecule has 0 aliphatic carbocycles. The molecule has 2 heterocycles. The summed E-state index contributed by atoms with van der Waals surface area (Å²) in [6.07, 6.45) is -10.8. The molecule has 10 N–H and O–H groups in total. The fourth-order valence-electron chi connectivity index (χ4n) is 3.59. The average Bonchev–Trinajstić information content (AvgIpc) is 2.80. The van der Waals surface area contributed by atoms with Gasteiger partial charge in [-0.2, -0.15) is 0 Å². The first-order valence-electron chi connectivity index (χ1n) is 10.6. The van der Waals surface area contributed by atoms with Crippen LogP contribution in [0.4, 0.5) is 0 Å². The minimum atomic E-state index is -1.61. The second-order valence-electron chi connectivity index (χ2n) is 8.55. The van der Waals surface area contributed by atoms with Crippen molar-refractivity contribution in [2.24, 2.45) is 11.1 Å². The summed E-state index contributed by atoms with van der Waals surface area (Å²) in [6.45, 7) is -0.555. The number of rotatable bonds is 11. The topological polar surface area (TPSA) is 234 Å². The minimum Gasteiger partial charge on any atom is -0.396 e. The van der Waals surface area contributed by atoms with E-state index < -0.39 is 73.7 Å². The van der Waals surface area contributed by atoms with E-state index in [4.69, 9.17) is 24.7 Å². The zero-order chi connectivity index (χ0) is 24.8. The first-order valence-corrected chi connectivity index (χ1v) is 10.6. The summed E-state index contributed by atoms with van der Waals surface area (Å²) in [5.41, 5.74) is 4.63. The number of nitrogens with one attached hydrogen (secondary N) is 1. The van der Waals surface area contributed by atoms with Crippen molar-refractivity contribution in [2.45, 2.75) is 62.0 Å². The van der Waals surface area contributed by atoms with E-state index in [-0.39, 0.29) is 38.9 Å². The third-order valence-electron chi connectivity index (χ3n) is 5.88. The fraction of sp³-hybridized carbons (Fsp3) is 0.947. The highest BCUT2D eigenvalue weighted by molar-refractivity contribution is 5.73. The summed E-state index contributed by atoms with van der Waals surface area (Å²) in [5.74, 6) is -0.375. The molecule has 33 heavy (non-hydrogen) atoms. The number of amides is 1. The van der Waals surface area contributed by atoms with E-state index in [1.54, 1.807) is 0 Å². The van der Waals surface area contributed by atoms with Gasteiger partial charge in [-0.3, -0.25) is 4.79 Å². The predicted octanol–water partition coefficient (Wildman–Crippen LogP) is -5.62. The number of carbonyl (C=O) groups excluding carboxylic acids is 1. The molecule has 2 saturated heterocycles. The van der Waals surface area contributed by atoms with E-state index in [2.05, 4.69) is 5.32 Å². The van der Waals surface area contributed by atoms with E-state index >= 15 is 0 Å². The normalized spacial score (nSPS) is 39.1. The lowest BCUT2D eigenvalue weighted by atomic mass is 9.91. The molecular weight excluding hydrogens is 448 g/mol. The maximum Gasteiger partial charge on any atom is 0.217 e. The number of ether oxygens (including phenoxy) is 4. The van der Waals surface area contributed by atoms with E-state index in [9.17, 15) is 40.5 Å². The van der Waals surface area contributed by atoms with E-state index in [1.807, 2.05) is 0 Å². The molecule has 14 nitrogen and oxygen atoms in total. The van der Waals surface area contributed by atoms with Crippen LogP contribution in [0.2, 0.25) is 0 Å². The molecule has 0 bridgehead atoms. The molecule has 0 saturated carbocycles. The Morgan fingerprint density at radius 2 is 1.70 bits per heavy atom. The zero-order valence-electron chi connectivity index (χ0n) is 18.4. The summed E-state index contributed by atoms with van der Waals surface area (Å²) < 4.78 is 21.8. The maximum absolute atomic E-state index is 11.2. The molecule has 10 unspecified atom stereocenters. The van der Waals surface area contributed by atoms with Gasteiger partial charge in [-0.15, -0.1) is 0 Å². The highest BCUT2D eigenvalue weighted by atomic mass is 16.7.